The number of carbonyl (C=O) groups excluding carboxylic acids is 2. The molecule has 0 bridgehead atoms. The highest BCUT2D eigenvalue weighted by Crippen LogP contribution is 2.27. The van der Waals surface area contributed by atoms with Crippen LogP contribution in [0.5, 0.6) is 0 Å². The summed E-state index contributed by atoms with van der Waals surface area (Å²) >= 11 is 0. The van der Waals surface area contributed by atoms with Gasteiger partial charge in [-0.2, -0.15) is 0 Å². The summed E-state index contributed by atoms with van der Waals surface area (Å²) < 4.78 is 5.15. The first-order valence-electron chi connectivity index (χ1n) is 7.52. The van der Waals surface area contributed by atoms with Gasteiger partial charge in [0.05, 0.1) is 6.26 Å². The van der Waals surface area contributed by atoms with Gasteiger partial charge in [0.25, 0.3) is 5.91 Å². The average molecular weight is 291 g/mol. The molecule has 0 radical (unpaired) electrons. The van der Waals surface area contributed by atoms with Crippen LogP contribution in [0.1, 0.15) is 30.3 Å². The number of piperazine rings is 1. The summed E-state index contributed by atoms with van der Waals surface area (Å²) in [5.41, 5.74) is 0. The molecule has 1 saturated carbocycles. The number of urea groups is 1. The lowest BCUT2D eigenvalue weighted by Crippen LogP contribution is -2.57. The molecule has 0 spiro atoms. The number of furan rings is 1. The highest BCUT2D eigenvalue weighted by Gasteiger charge is 2.31. The van der Waals surface area contributed by atoms with Crippen LogP contribution in [-0.4, -0.2) is 54.0 Å². The summed E-state index contributed by atoms with van der Waals surface area (Å²) in [7, 11) is 0. The zero-order valence-electron chi connectivity index (χ0n) is 12.2. The van der Waals surface area contributed by atoms with Gasteiger partial charge in [0, 0.05) is 32.2 Å². The van der Waals surface area contributed by atoms with Gasteiger partial charge in [0.1, 0.15) is 0 Å². The first-order chi connectivity index (χ1) is 10.1. The minimum absolute atomic E-state index is 0.0110. The van der Waals surface area contributed by atoms with Gasteiger partial charge >= 0.3 is 6.03 Å². The average Bonchev–Trinajstić information content (AvgIpc) is 3.15. The molecule has 3 rings (SSSR count). The van der Waals surface area contributed by atoms with Crippen LogP contribution in [0.2, 0.25) is 0 Å². The second-order valence-electron chi connectivity index (χ2n) is 5.90. The Kier molecular flexibility index (Phi) is 3.86. The Bertz CT molecular complexity index is 510. The van der Waals surface area contributed by atoms with Crippen LogP contribution in [0.3, 0.4) is 0 Å². The van der Waals surface area contributed by atoms with E-state index in [-0.39, 0.29) is 18.0 Å². The molecule has 1 aromatic heterocycles. The molecule has 6 heteroatoms. The fourth-order valence-electron chi connectivity index (χ4n) is 2.66. The highest BCUT2D eigenvalue weighted by molar-refractivity contribution is 5.91. The van der Waals surface area contributed by atoms with E-state index in [2.05, 4.69) is 5.32 Å². The SMILES string of the molecule is CC1CN(C(=O)c2ccco2)CCN1C(=O)NCC1CC1. The van der Waals surface area contributed by atoms with Crippen LogP contribution in [0, 0.1) is 5.92 Å². The van der Waals surface area contributed by atoms with E-state index < -0.39 is 0 Å². The third-order valence-electron chi connectivity index (χ3n) is 4.15. The largest absolute Gasteiger partial charge is 0.459 e. The number of hydrogen-bond donors (Lipinski definition) is 1. The lowest BCUT2D eigenvalue weighted by atomic mass is 10.2. The van der Waals surface area contributed by atoms with E-state index in [4.69, 9.17) is 4.42 Å². The van der Waals surface area contributed by atoms with Gasteiger partial charge < -0.3 is 19.5 Å². The van der Waals surface area contributed by atoms with Crippen molar-refractivity contribution in [3.63, 3.8) is 0 Å². The normalized spacial score (nSPS) is 22.2. The number of hydrogen-bond acceptors (Lipinski definition) is 3. The quantitative estimate of drug-likeness (QED) is 0.918. The molecule has 1 unspecified atom stereocenters. The topological polar surface area (TPSA) is 65.8 Å². The van der Waals surface area contributed by atoms with Crippen molar-refractivity contribution in [1.29, 1.82) is 0 Å². The van der Waals surface area contributed by atoms with E-state index in [0.717, 1.165) is 6.54 Å². The minimum atomic E-state index is -0.107. The molecule has 21 heavy (non-hydrogen) atoms. The van der Waals surface area contributed by atoms with Gasteiger partial charge in [-0.05, 0) is 37.8 Å². The maximum Gasteiger partial charge on any atom is 0.317 e. The van der Waals surface area contributed by atoms with Gasteiger partial charge in [-0.15, -0.1) is 0 Å². The molecule has 1 aliphatic carbocycles. The third kappa shape index (κ3) is 3.20. The monoisotopic (exact) mass is 291 g/mol. The number of carbonyl (C=O) groups is 2. The molecular formula is C15H21N3O3. The molecule has 1 saturated heterocycles. The molecule has 3 amide bonds. The fourth-order valence-corrected chi connectivity index (χ4v) is 2.66. The van der Waals surface area contributed by atoms with E-state index in [1.165, 1.54) is 19.1 Å². The summed E-state index contributed by atoms with van der Waals surface area (Å²) in [6.07, 6.45) is 3.95. The van der Waals surface area contributed by atoms with E-state index in [1.54, 1.807) is 17.0 Å². The molecule has 2 aliphatic rings. The van der Waals surface area contributed by atoms with Crippen molar-refractivity contribution in [3.05, 3.63) is 24.2 Å². The molecule has 2 fully saturated rings. The molecule has 1 aromatic rings. The van der Waals surface area contributed by atoms with Crippen molar-refractivity contribution in [2.24, 2.45) is 5.92 Å². The van der Waals surface area contributed by atoms with Crippen molar-refractivity contribution < 1.29 is 14.0 Å². The van der Waals surface area contributed by atoms with Crippen LogP contribution in [-0.2, 0) is 0 Å². The molecule has 1 atom stereocenters. The van der Waals surface area contributed by atoms with Gasteiger partial charge in [-0.25, -0.2) is 4.79 Å². The Balaban J connectivity index is 1.53. The van der Waals surface area contributed by atoms with E-state index in [0.29, 0.717) is 31.3 Å². The van der Waals surface area contributed by atoms with Crippen LogP contribution in [0.15, 0.2) is 22.8 Å². The zero-order chi connectivity index (χ0) is 14.8. The van der Waals surface area contributed by atoms with Crippen LogP contribution >= 0.6 is 0 Å². The van der Waals surface area contributed by atoms with Crippen molar-refractivity contribution >= 4 is 11.9 Å². The summed E-state index contributed by atoms with van der Waals surface area (Å²) in [6.45, 7) is 4.39. The Morgan fingerprint density at radius 1 is 1.38 bits per heavy atom. The van der Waals surface area contributed by atoms with Gasteiger partial charge in [-0.1, -0.05) is 0 Å². The summed E-state index contributed by atoms with van der Waals surface area (Å²) in [4.78, 5) is 27.9. The molecule has 1 N–H and O–H groups in total. The van der Waals surface area contributed by atoms with E-state index in [1.807, 2.05) is 11.8 Å². The first kappa shape index (κ1) is 14.0. The standard InChI is InChI=1S/C15H21N3O3/c1-11-10-17(14(19)13-3-2-8-21-13)6-7-18(11)15(20)16-9-12-4-5-12/h2-3,8,11-12H,4-7,9-10H2,1H3,(H,16,20). The van der Waals surface area contributed by atoms with Crippen molar-refractivity contribution in [2.45, 2.75) is 25.8 Å². The van der Waals surface area contributed by atoms with Crippen LogP contribution in [0.25, 0.3) is 0 Å². The first-order valence-corrected chi connectivity index (χ1v) is 7.52. The Morgan fingerprint density at radius 3 is 2.81 bits per heavy atom. The Labute approximate surface area is 124 Å². The Hall–Kier alpha value is -1.98. The zero-order valence-corrected chi connectivity index (χ0v) is 12.2. The lowest BCUT2D eigenvalue weighted by Gasteiger charge is -2.39. The maximum absolute atomic E-state index is 12.2. The van der Waals surface area contributed by atoms with E-state index in [9.17, 15) is 9.59 Å². The molecule has 1 aliphatic heterocycles. The maximum atomic E-state index is 12.2. The van der Waals surface area contributed by atoms with Crippen molar-refractivity contribution in [2.75, 3.05) is 26.2 Å². The third-order valence-corrected chi connectivity index (χ3v) is 4.15. The van der Waals surface area contributed by atoms with E-state index >= 15 is 0 Å². The summed E-state index contributed by atoms with van der Waals surface area (Å²) in [5, 5.41) is 2.98. The molecular weight excluding hydrogens is 270 g/mol. The van der Waals surface area contributed by atoms with Crippen molar-refractivity contribution in [1.82, 2.24) is 15.1 Å². The highest BCUT2D eigenvalue weighted by atomic mass is 16.3. The molecule has 6 nitrogen and oxygen atoms in total. The lowest BCUT2D eigenvalue weighted by molar-refractivity contribution is 0.0550. The summed E-state index contributed by atoms with van der Waals surface area (Å²) in [6, 6.07) is 3.37. The van der Waals surface area contributed by atoms with Crippen LogP contribution in [0.4, 0.5) is 4.79 Å². The molecule has 2 heterocycles. The number of nitrogens with zero attached hydrogens (tertiary/aromatic N) is 2. The van der Waals surface area contributed by atoms with Crippen molar-refractivity contribution in [3.8, 4) is 0 Å². The van der Waals surface area contributed by atoms with Gasteiger partial charge in [0.2, 0.25) is 0 Å². The number of amides is 3. The molecule has 114 valence electrons. The minimum Gasteiger partial charge on any atom is -0.459 e. The van der Waals surface area contributed by atoms with Crippen LogP contribution < -0.4 is 5.32 Å². The second-order valence-corrected chi connectivity index (χ2v) is 5.90. The smallest absolute Gasteiger partial charge is 0.317 e. The molecule has 0 aromatic carbocycles. The Morgan fingerprint density at radius 2 is 2.19 bits per heavy atom. The number of nitrogens with one attached hydrogen (secondary N) is 1. The second kappa shape index (κ2) is 5.79. The predicted molar refractivity (Wildman–Crippen MR) is 76.9 cm³/mol. The predicted octanol–water partition coefficient (Wildman–Crippen LogP) is 1.55. The fraction of sp³-hybridized carbons (Fsp3) is 0.600. The van der Waals surface area contributed by atoms with Gasteiger partial charge in [0.15, 0.2) is 5.76 Å². The summed E-state index contributed by atoms with van der Waals surface area (Å²) in [5.74, 6) is 0.921. The number of rotatable bonds is 3. The van der Waals surface area contributed by atoms with Gasteiger partial charge in [-0.3, -0.25) is 4.79 Å².